The molecule has 192 valence electrons. The summed E-state index contributed by atoms with van der Waals surface area (Å²) in [7, 11) is 0. The Balaban J connectivity index is 1.29. The number of esters is 1. The van der Waals surface area contributed by atoms with E-state index in [9.17, 15) is 10.0 Å². The van der Waals surface area contributed by atoms with Crippen LogP contribution in [-0.2, 0) is 9.53 Å². The fourth-order valence-electron chi connectivity index (χ4n) is 8.28. The van der Waals surface area contributed by atoms with Crippen molar-refractivity contribution in [2.24, 2.45) is 39.7 Å². The minimum atomic E-state index is -0.964. The molecule has 0 amide bonds. The maximum atomic E-state index is 11.7. The lowest BCUT2D eigenvalue weighted by molar-refractivity contribution is -0.991. The molecule has 9 unspecified atom stereocenters. The van der Waals surface area contributed by atoms with Gasteiger partial charge >= 0.3 is 5.97 Å². The Labute approximate surface area is 212 Å². The van der Waals surface area contributed by atoms with Gasteiger partial charge in [-0.15, -0.1) is 11.6 Å². The molecule has 0 saturated heterocycles. The third kappa shape index (κ3) is 4.39. The van der Waals surface area contributed by atoms with Crippen molar-refractivity contribution in [2.75, 3.05) is 0 Å². The molecule has 35 heavy (non-hydrogen) atoms. The van der Waals surface area contributed by atoms with E-state index in [1.54, 1.807) is 12.1 Å². The van der Waals surface area contributed by atoms with E-state index in [1.807, 2.05) is 0 Å². The highest BCUT2D eigenvalue weighted by Crippen LogP contribution is 2.66. The number of fused-ring (bicyclic) bond motifs is 5. The van der Waals surface area contributed by atoms with E-state index in [0.717, 1.165) is 37.8 Å². The molecule has 4 saturated carbocycles. The van der Waals surface area contributed by atoms with E-state index >= 15 is 0 Å². The van der Waals surface area contributed by atoms with Gasteiger partial charge in [-0.2, -0.15) is 5.23 Å². The summed E-state index contributed by atoms with van der Waals surface area (Å²) >= 11 is 6.93. The normalized spacial score (nSPS) is 42.5. The number of hydrogen-bond acceptors (Lipinski definition) is 6. The van der Waals surface area contributed by atoms with Gasteiger partial charge in [-0.05, 0) is 92.6 Å². The van der Waals surface area contributed by atoms with Crippen molar-refractivity contribution in [1.82, 2.24) is 0 Å². The first kappa shape index (κ1) is 25.0. The van der Waals surface area contributed by atoms with Gasteiger partial charge in [-0.3, -0.25) is 4.79 Å². The number of carbonyl (C=O) groups excluding carboxylic acids is 1. The molecule has 4 fully saturated rings. The molecule has 0 aliphatic heterocycles. The predicted molar refractivity (Wildman–Crippen MR) is 133 cm³/mol. The fraction of sp³-hybridized carbons (Fsp3) is 0.704. The second-order valence-electron chi connectivity index (χ2n) is 11.8. The van der Waals surface area contributed by atoms with Crippen molar-refractivity contribution in [2.45, 2.75) is 83.6 Å². The van der Waals surface area contributed by atoms with Gasteiger partial charge < -0.3 is 14.8 Å². The van der Waals surface area contributed by atoms with Crippen molar-refractivity contribution in [3.8, 4) is 5.75 Å². The smallest absolute Gasteiger partial charge is 0.302 e. The van der Waals surface area contributed by atoms with Crippen molar-refractivity contribution in [3.63, 3.8) is 0 Å². The van der Waals surface area contributed by atoms with E-state index in [2.05, 4.69) is 19.0 Å². The SMILES string of the molecule is CC(=O)OC1CCC2C3CCC4CC(=NOc5ccc([NH+]([O-])O)cc5)C(Cl)CC4(C)C3CCC12C. The average Bonchev–Trinajstić information content (AvgIpc) is 3.13. The highest BCUT2D eigenvalue weighted by Gasteiger charge is 2.61. The van der Waals surface area contributed by atoms with Crippen LogP contribution in [0.25, 0.3) is 0 Å². The van der Waals surface area contributed by atoms with E-state index in [-0.39, 0.29) is 34.0 Å². The number of carbonyl (C=O) groups is 1. The molecule has 1 aromatic rings. The molecule has 0 bridgehead atoms. The summed E-state index contributed by atoms with van der Waals surface area (Å²) in [5, 5.41) is 23.4. The number of ether oxygens (including phenoxy) is 1. The molecule has 0 radical (unpaired) electrons. The van der Waals surface area contributed by atoms with Gasteiger partial charge in [0.15, 0.2) is 11.4 Å². The predicted octanol–water partition coefficient (Wildman–Crippen LogP) is 5.02. The van der Waals surface area contributed by atoms with Gasteiger partial charge in [0.2, 0.25) is 0 Å². The van der Waals surface area contributed by atoms with Crippen LogP contribution < -0.4 is 10.1 Å². The Hall–Kier alpha value is -1.67. The van der Waals surface area contributed by atoms with Crippen LogP contribution in [0.3, 0.4) is 0 Å². The zero-order valence-electron chi connectivity index (χ0n) is 20.8. The molecule has 8 heteroatoms. The van der Waals surface area contributed by atoms with Crippen molar-refractivity contribution in [3.05, 3.63) is 29.5 Å². The molecule has 4 aliphatic rings. The van der Waals surface area contributed by atoms with E-state index in [1.165, 1.54) is 38.3 Å². The maximum Gasteiger partial charge on any atom is 0.302 e. The Morgan fingerprint density at radius 1 is 1.11 bits per heavy atom. The topological polar surface area (TPSA) is 95.6 Å². The minimum Gasteiger partial charge on any atom is -0.595 e. The summed E-state index contributed by atoms with van der Waals surface area (Å²) in [6.07, 6.45) is 8.62. The van der Waals surface area contributed by atoms with Crippen molar-refractivity contribution < 1.29 is 24.8 Å². The molecule has 5 rings (SSSR count). The van der Waals surface area contributed by atoms with Gasteiger partial charge in [-0.1, -0.05) is 19.0 Å². The summed E-state index contributed by atoms with van der Waals surface area (Å²) in [5.41, 5.74) is 1.39. The quantitative estimate of drug-likeness (QED) is 0.341. The van der Waals surface area contributed by atoms with Crippen molar-refractivity contribution >= 4 is 29.0 Å². The Bertz CT molecular complexity index is 984. The summed E-state index contributed by atoms with van der Waals surface area (Å²) < 4.78 is 5.79. The van der Waals surface area contributed by atoms with Gasteiger partial charge in [0, 0.05) is 24.5 Å². The van der Waals surface area contributed by atoms with E-state index < -0.39 is 5.23 Å². The van der Waals surface area contributed by atoms with Crippen LogP contribution in [0.5, 0.6) is 5.75 Å². The van der Waals surface area contributed by atoms with Crippen LogP contribution in [0.1, 0.15) is 72.1 Å². The summed E-state index contributed by atoms with van der Waals surface area (Å²) in [6, 6.07) is 6.28. The van der Waals surface area contributed by atoms with Crippen LogP contribution in [0.2, 0.25) is 0 Å². The van der Waals surface area contributed by atoms with Crippen LogP contribution in [-0.4, -0.2) is 28.4 Å². The Morgan fingerprint density at radius 3 is 2.51 bits per heavy atom. The van der Waals surface area contributed by atoms with Gasteiger partial charge in [-0.25, -0.2) is 5.21 Å². The third-order valence-electron chi connectivity index (χ3n) is 10.1. The second-order valence-corrected chi connectivity index (χ2v) is 12.3. The van der Waals surface area contributed by atoms with E-state index in [0.29, 0.717) is 29.4 Å². The zero-order chi connectivity index (χ0) is 25.0. The Morgan fingerprint density at radius 2 is 1.83 bits per heavy atom. The lowest BCUT2D eigenvalue weighted by atomic mass is 9.45. The highest BCUT2D eigenvalue weighted by molar-refractivity contribution is 6.32. The van der Waals surface area contributed by atoms with Crippen LogP contribution >= 0.6 is 11.6 Å². The Kier molecular flexibility index (Phi) is 6.66. The number of oxime groups is 1. The minimum absolute atomic E-state index is 0.0593. The first-order valence-corrected chi connectivity index (χ1v) is 13.4. The molecular formula is C27H37ClN2O5. The molecular weight excluding hydrogens is 468 g/mol. The monoisotopic (exact) mass is 504 g/mol. The lowest BCUT2D eigenvalue weighted by Crippen LogP contribution is -2.99. The largest absolute Gasteiger partial charge is 0.595 e. The molecule has 0 aromatic heterocycles. The fourth-order valence-corrected chi connectivity index (χ4v) is 8.74. The van der Waals surface area contributed by atoms with Crippen LogP contribution in [0, 0.1) is 39.7 Å². The zero-order valence-corrected chi connectivity index (χ0v) is 21.6. The highest BCUT2D eigenvalue weighted by atomic mass is 35.5. The molecule has 7 nitrogen and oxygen atoms in total. The summed E-state index contributed by atoms with van der Waals surface area (Å²) in [5.74, 6) is 2.82. The molecule has 0 spiro atoms. The number of benzene rings is 1. The number of nitrogens with one attached hydrogen (secondary N) is 1. The number of alkyl halides is 1. The van der Waals surface area contributed by atoms with Crippen molar-refractivity contribution in [1.29, 1.82) is 0 Å². The summed E-state index contributed by atoms with van der Waals surface area (Å²) in [4.78, 5) is 17.4. The molecule has 1 aromatic carbocycles. The standard InChI is InChI=1S/C27H37ClN2O5/c1-16(31)34-25-11-10-21-20-9-4-17-14-24(29-35-19-7-5-18(6-8-19)30(32)33)23(28)15-27(17,3)22(20)12-13-26(21,25)2/h5-8,17,20-23,25,30,32H,4,9-15H2,1-3H3. The van der Waals surface area contributed by atoms with Gasteiger partial charge in [0.05, 0.1) is 11.1 Å². The number of nitrogens with zero attached hydrogens (tertiary/aromatic N) is 1. The number of hydrogen-bond donors (Lipinski definition) is 2. The number of quaternary nitrogens is 1. The molecule has 0 heterocycles. The lowest BCUT2D eigenvalue weighted by Gasteiger charge is -2.60. The van der Waals surface area contributed by atoms with Gasteiger partial charge in [0.1, 0.15) is 6.10 Å². The second kappa shape index (κ2) is 9.33. The number of rotatable bonds is 4. The van der Waals surface area contributed by atoms with Crippen LogP contribution in [0.4, 0.5) is 5.69 Å². The summed E-state index contributed by atoms with van der Waals surface area (Å²) in [6.45, 7) is 6.34. The van der Waals surface area contributed by atoms with Crippen LogP contribution in [0.15, 0.2) is 29.4 Å². The first-order valence-electron chi connectivity index (χ1n) is 13.0. The number of halogens is 1. The van der Waals surface area contributed by atoms with Gasteiger partial charge in [0.25, 0.3) is 0 Å². The molecule has 2 N–H and O–H groups in total. The van der Waals surface area contributed by atoms with E-state index in [4.69, 9.17) is 26.4 Å². The third-order valence-corrected chi connectivity index (χ3v) is 10.5. The molecule has 9 atom stereocenters. The average molecular weight is 505 g/mol. The first-order chi connectivity index (χ1) is 16.6. The molecule has 4 aliphatic carbocycles. The maximum absolute atomic E-state index is 11.7.